The van der Waals surface area contributed by atoms with Crippen LogP contribution in [0.2, 0.25) is 0 Å². The summed E-state index contributed by atoms with van der Waals surface area (Å²) in [6, 6.07) is 45.6. The zero-order valence-electron chi connectivity index (χ0n) is 27.2. The lowest BCUT2D eigenvalue weighted by Crippen LogP contribution is -2.30. The molecule has 5 aromatic carbocycles. The van der Waals surface area contributed by atoms with E-state index in [-0.39, 0.29) is 5.41 Å². The van der Waals surface area contributed by atoms with Crippen LogP contribution in [0.4, 0.5) is 0 Å². The second-order valence-corrected chi connectivity index (χ2v) is 13.6. The lowest BCUT2D eigenvalue weighted by Gasteiger charge is -2.20. The maximum atomic E-state index is 5.58. The molecule has 5 heteroatoms. The van der Waals surface area contributed by atoms with Crippen molar-refractivity contribution in [2.45, 2.75) is 32.6 Å². The van der Waals surface area contributed by atoms with E-state index in [0.717, 1.165) is 56.6 Å². The smallest absolute Gasteiger partial charge is 0.269 e. The lowest BCUT2D eigenvalue weighted by atomic mass is 9.87. The normalized spacial score (nSPS) is 12.1. The third kappa shape index (κ3) is 4.70. The molecular weight excluding hydrogens is 589 g/mol. The maximum Gasteiger partial charge on any atom is 0.269 e. The molecule has 232 valence electrons. The number of nitrogens with zero attached hydrogens (tertiary/aromatic N) is 4. The average molecular weight is 623 g/mol. The molecule has 0 amide bonds. The van der Waals surface area contributed by atoms with Gasteiger partial charge in [-0.25, -0.2) is 4.98 Å². The van der Waals surface area contributed by atoms with Crippen LogP contribution in [0.15, 0.2) is 144 Å². The van der Waals surface area contributed by atoms with E-state index in [1.165, 1.54) is 27.5 Å². The molecule has 9 rings (SSSR count). The molecule has 0 atom stereocenters. The summed E-state index contributed by atoms with van der Waals surface area (Å²) in [5.74, 6) is 0.880. The van der Waals surface area contributed by atoms with Gasteiger partial charge in [0.15, 0.2) is 5.58 Å². The lowest BCUT2D eigenvalue weighted by molar-refractivity contribution is -0.572. The summed E-state index contributed by atoms with van der Waals surface area (Å²) in [5, 5.41) is 3.47. The van der Waals surface area contributed by atoms with E-state index in [2.05, 4.69) is 162 Å². The Morgan fingerprint density at radius 1 is 0.708 bits per heavy atom. The molecule has 5 nitrogen and oxygen atoms in total. The molecule has 0 fully saturated rings. The Balaban J connectivity index is 1.12. The van der Waals surface area contributed by atoms with Crippen LogP contribution in [0.1, 0.15) is 37.5 Å². The Hall–Kier alpha value is -5.94. The minimum absolute atomic E-state index is 0.0601. The molecular formula is C43H34N4O. The number of imidazole rings is 1. The number of rotatable bonds is 5. The van der Waals surface area contributed by atoms with E-state index in [4.69, 9.17) is 9.40 Å². The van der Waals surface area contributed by atoms with Gasteiger partial charge in [-0.15, -0.1) is 0 Å². The monoisotopic (exact) mass is 622 g/mol. The van der Waals surface area contributed by atoms with Crippen molar-refractivity contribution in [2.24, 2.45) is 0 Å². The number of pyridine rings is 1. The number of hydrogen-bond donors (Lipinski definition) is 0. The van der Waals surface area contributed by atoms with Gasteiger partial charge in [-0.1, -0.05) is 99.6 Å². The maximum absolute atomic E-state index is 5.58. The summed E-state index contributed by atoms with van der Waals surface area (Å²) >= 11 is 0. The molecule has 0 N–H and O–H groups in total. The van der Waals surface area contributed by atoms with Crippen LogP contribution in [0.3, 0.4) is 0 Å². The highest BCUT2D eigenvalue weighted by Crippen LogP contribution is 2.33. The van der Waals surface area contributed by atoms with Gasteiger partial charge in [0, 0.05) is 16.2 Å². The van der Waals surface area contributed by atoms with Gasteiger partial charge in [-0.2, -0.15) is 0 Å². The molecule has 0 aliphatic rings. The fraction of sp³-hybridized carbons (Fsp3) is 0.116. The Morgan fingerprint density at radius 2 is 1.50 bits per heavy atom. The number of hydrogen-bond acceptors (Lipinski definition) is 2. The van der Waals surface area contributed by atoms with E-state index in [9.17, 15) is 0 Å². The predicted molar refractivity (Wildman–Crippen MR) is 193 cm³/mol. The molecule has 4 aromatic heterocycles. The zero-order valence-corrected chi connectivity index (χ0v) is 27.2. The molecule has 0 radical (unpaired) electrons. The molecule has 0 spiro atoms. The second-order valence-electron chi connectivity index (χ2n) is 13.6. The van der Waals surface area contributed by atoms with Gasteiger partial charge in [-0.3, -0.25) is 13.7 Å². The van der Waals surface area contributed by atoms with Crippen LogP contribution in [-0.4, -0.2) is 14.1 Å². The van der Waals surface area contributed by atoms with Crippen LogP contribution in [0, 0.1) is 6.33 Å². The van der Waals surface area contributed by atoms with Crippen molar-refractivity contribution in [3.05, 3.63) is 163 Å². The fourth-order valence-corrected chi connectivity index (χ4v) is 6.95. The van der Waals surface area contributed by atoms with Crippen LogP contribution < -0.4 is 4.57 Å². The predicted octanol–water partition coefficient (Wildman–Crippen LogP) is 9.83. The number of benzene rings is 5. The minimum atomic E-state index is 0.0601. The van der Waals surface area contributed by atoms with Crippen LogP contribution >= 0.6 is 0 Å². The molecule has 0 saturated carbocycles. The standard InChI is InChI=1S/C43H34N4O/c1-43(2,3)32-11-9-13-34(26-32)46-28-45(38-16-6-7-17-39(38)46)33-12-8-10-29(23-33)22-30-18-19-36-35-14-4-5-15-37(35)47(40(36)24-30)42-25-31-20-21-48-41(31)27-44-42/h4-21,23-27H,22H2,1-3H3. The van der Waals surface area contributed by atoms with Gasteiger partial charge < -0.3 is 4.42 Å². The molecule has 0 aliphatic heterocycles. The second kappa shape index (κ2) is 10.8. The van der Waals surface area contributed by atoms with Crippen LogP contribution in [-0.2, 0) is 11.8 Å². The first kappa shape index (κ1) is 28.3. The summed E-state index contributed by atoms with van der Waals surface area (Å²) in [6.07, 6.45) is 8.01. The molecule has 48 heavy (non-hydrogen) atoms. The molecule has 0 unspecified atom stereocenters. The van der Waals surface area contributed by atoms with Crippen molar-refractivity contribution in [1.29, 1.82) is 0 Å². The largest absolute Gasteiger partial charge is 0.463 e. The Bertz CT molecular complexity index is 2650. The number of aromatic nitrogens is 4. The van der Waals surface area contributed by atoms with Gasteiger partial charge in [0.1, 0.15) is 5.82 Å². The quantitative estimate of drug-likeness (QED) is 0.142. The van der Waals surface area contributed by atoms with E-state index < -0.39 is 0 Å². The molecule has 0 saturated heterocycles. The molecule has 0 bridgehead atoms. The van der Waals surface area contributed by atoms with Crippen molar-refractivity contribution in [1.82, 2.24) is 14.1 Å². The SMILES string of the molecule is CC(C)(C)c1cccc(-[n+]2[c-]n(-c3cccc(Cc4ccc5c6ccccc6n(-c6cc7ccoc7cn6)c5c4)c3)c3ccccc32)c1. The number of para-hydroxylation sites is 3. The van der Waals surface area contributed by atoms with E-state index in [0.29, 0.717) is 0 Å². The van der Waals surface area contributed by atoms with Crippen molar-refractivity contribution in [2.75, 3.05) is 0 Å². The van der Waals surface area contributed by atoms with Crippen molar-refractivity contribution < 1.29 is 8.98 Å². The number of furan rings is 1. The van der Waals surface area contributed by atoms with Crippen molar-refractivity contribution >= 4 is 43.8 Å². The van der Waals surface area contributed by atoms with Gasteiger partial charge in [0.25, 0.3) is 6.33 Å². The molecule has 4 heterocycles. The van der Waals surface area contributed by atoms with Crippen LogP contribution in [0.25, 0.3) is 61.0 Å². The average Bonchev–Trinajstić information content (AvgIpc) is 3.82. The first-order valence-corrected chi connectivity index (χ1v) is 16.4. The van der Waals surface area contributed by atoms with Gasteiger partial charge in [-0.05, 0) is 77.1 Å². The molecule has 0 aliphatic carbocycles. The first-order chi connectivity index (χ1) is 23.4. The van der Waals surface area contributed by atoms with Gasteiger partial charge in [0.2, 0.25) is 0 Å². The third-order valence-electron chi connectivity index (χ3n) is 9.40. The summed E-state index contributed by atoms with van der Waals surface area (Å²) in [7, 11) is 0. The fourth-order valence-electron chi connectivity index (χ4n) is 6.95. The topological polar surface area (TPSA) is 39.8 Å². The van der Waals surface area contributed by atoms with Crippen LogP contribution in [0.5, 0.6) is 0 Å². The highest BCUT2D eigenvalue weighted by Gasteiger charge is 2.18. The van der Waals surface area contributed by atoms with E-state index in [1.54, 1.807) is 6.26 Å². The Kier molecular flexibility index (Phi) is 6.37. The third-order valence-corrected chi connectivity index (χ3v) is 9.40. The minimum Gasteiger partial charge on any atom is -0.463 e. The first-order valence-electron chi connectivity index (χ1n) is 16.4. The summed E-state index contributed by atoms with van der Waals surface area (Å²) < 4.78 is 12.2. The van der Waals surface area contributed by atoms with Gasteiger partial charge in [0.05, 0.1) is 45.9 Å². The van der Waals surface area contributed by atoms with Crippen molar-refractivity contribution in [3.63, 3.8) is 0 Å². The number of fused-ring (bicyclic) bond motifs is 5. The zero-order chi connectivity index (χ0) is 32.4. The summed E-state index contributed by atoms with van der Waals surface area (Å²) in [4.78, 5) is 4.81. The Labute approximate surface area is 278 Å². The summed E-state index contributed by atoms with van der Waals surface area (Å²) in [6.45, 7) is 6.76. The Morgan fingerprint density at radius 3 is 2.40 bits per heavy atom. The van der Waals surface area contributed by atoms with Crippen molar-refractivity contribution in [3.8, 4) is 17.2 Å². The highest BCUT2D eigenvalue weighted by atomic mass is 16.3. The van der Waals surface area contributed by atoms with E-state index in [1.807, 2.05) is 12.3 Å². The van der Waals surface area contributed by atoms with E-state index >= 15 is 0 Å². The molecule has 9 aromatic rings. The summed E-state index contributed by atoms with van der Waals surface area (Å²) in [5.41, 5.74) is 11.3. The highest BCUT2D eigenvalue weighted by molar-refractivity contribution is 6.09. The van der Waals surface area contributed by atoms with Gasteiger partial charge >= 0.3 is 0 Å².